The molecule has 138 valence electrons. The summed E-state index contributed by atoms with van der Waals surface area (Å²) in [6.45, 7) is -0.701. The molecule has 0 atom stereocenters. The van der Waals surface area contributed by atoms with Gasteiger partial charge in [0.1, 0.15) is 5.15 Å². The molecule has 4 nitrogen and oxygen atoms in total. The first kappa shape index (κ1) is 18.4. The third kappa shape index (κ3) is 3.72. The Kier molecular flexibility index (Phi) is 4.99. The van der Waals surface area contributed by atoms with Crippen LogP contribution < -0.4 is 5.32 Å². The zero-order valence-corrected chi connectivity index (χ0v) is 13.8. The van der Waals surface area contributed by atoms with Crippen LogP contribution in [0.25, 0.3) is 5.57 Å². The van der Waals surface area contributed by atoms with E-state index in [-0.39, 0.29) is 23.4 Å². The Labute approximate surface area is 150 Å². The van der Waals surface area contributed by atoms with Gasteiger partial charge in [-0.1, -0.05) is 11.6 Å². The van der Waals surface area contributed by atoms with Crippen LogP contribution in [0.1, 0.15) is 5.56 Å². The van der Waals surface area contributed by atoms with Gasteiger partial charge in [-0.25, -0.2) is 18.8 Å². The average Bonchev–Trinajstić information content (AvgIpc) is 2.59. The van der Waals surface area contributed by atoms with Crippen molar-refractivity contribution in [1.82, 2.24) is 15.2 Å². The van der Waals surface area contributed by atoms with Crippen molar-refractivity contribution < 1.29 is 22.0 Å². The van der Waals surface area contributed by atoms with Crippen LogP contribution in [-0.4, -0.2) is 41.5 Å². The number of aromatic nitrogens is 1. The van der Waals surface area contributed by atoms with Gasteiger partial charge < -0.3 is 5.32 Å². The Morgan fingerprint density at radius 1 is 1.31 bits per heavy atom. The SMILES string of the molecule is FC(F)CNC1=NCC(c2cccnc2Cl)=C2C=C(C(F)(F)F)C=CN12. The standard InChI is InChI=1S/C16H12ClF5N4/c17-14-10(2-1-4-23-14)11-7-24-15(25-8-13(18)19)26-5-3-9(6-12(11)26)16(20,21)22/h1-6,13H,7-8H2,(H,24,25). The van der Waals surface area contributed by atoms with Gasteiger partial charge in [0.2, 0.25) is 5.96 Å². The number of allylic oxidation sites excluding steroid dienone is 3. The van der Waals surface area contributed by atoms with Crippen LogP contribution in [0, 0.1) is 0 Å². The molecule has 0 spiro atoms. The Bertz CT molecular complexity index is 826. The van der Waals surface area contributed by atoms with Crippen molar-refractivity contribution in [1.29, 1.82) is 0 Å². The molecule has 3 rings (SSSR count). The minimum absolute atomic E-state index is 0.0295. The second-order valence-electron chi connectivity index (χ2n) is 5.40. The van der Waals surface area contributed by atoms with E-state index in [2.05, 4.69) is 15.3 Å². The van der Waals surface area contributed by atoms with Crippen LogP contribution in [0.3, 0.4) is 0 Å². The quantitative estimate of drug-likeness (QED) is 0.626. The molecule has 0 saturated heterocycles. The van der Waals surface area contributed by atoms with Gasteiger partial charge in [0.25, 0.3) is 6.43 Å². The number of halogens is 6. The molecule has 1 N–H and O–H groups in total. The molecular formula is C16H12ClF5N4. The molecule has 0 aromatic carbocycles. The summed E-state index contributed by atoms with van der Waals surface area (Å²) < 4.78 is 64.3. The van der Waals surface area contributed by atoms with Crippen molar-refractivity contribution in [3.63, 3.8) is 0 Å². The van der Waals surface area contributed by atoms with E-state index < -0.39 is 24.7 Å². The summed E-state index contributed by atoms with van der Waals surface area (Å²) >= 11 is 6.07. The predicted octanol–water partition coefficient (Wildman–Crippen LogP) is 3.99. The van der Waals surface area contributed by atoms with Gasteiger partial charge >= 0.3 is 6.18 Å². The summed E-state index contributed by atoms with van der Waals surface area (Å²) in [6.07, 6.45) is -2.79. The molecule has 2 aliphatic heterocycles. The predicted molar refractivity (Wildman–Crippen MR) is 87.6 cm³/mol. The number of rotatable bonds is 3. The maximum atomic E-state index is 13.1. The molecule has 0 aliphatic carbocycles. The van der Waals surface area contributed by atoms with Crippen LogP contribution in [0.5, 0.6) is 0 Å². The van der Waals surface area contributed by atoms with E-state index in [9.17, 15) is 22.0 Å². The Hall–Kier alpha value is -2.42. The van der Waals surface area contributed by atoms with Gasteiger partial charge in [-0.3, -0.25) is 4.90 Å². The second-order valence-corrected chi connectivity index (χ2v) is 5.76. The number of aliphatic imine (C=N–C) groups is 1. The molecule has 0 fully saturated rings. The molecule has 1 aromatic rings. The molecule has 10 heteroatoms. The molecule has 0 amide bonds. The lowest BCUT2D eigenvalue weighted by Gasteiger charge is -2.33. The van der Waals surface area contributed by atoms with Crippen LogP contribution in [0.4, 0.5) is 22.0 Å². The fourth-order valence-electron chi connectivity index (χ4n) is 2.55. The van der Waals surface area contributed by atoms with Gasteiger partial charge in [-0.05, 0) is 24.3 Å². The Morgan fingerprint density at radius 2 is 2.08 bits per heavy atom. The Balaban J connectivity index is 2.06. The van der Waals surface area contributed by atoms with E-state index in [0.717, 1.165) is 18.4 Å². The lowest BCUT2D eigenvalue weighted by atomic mass is 10.00. The first-order valence-electron chi connectivity index (χ1n) is 7.44. The zero-order chi connectivity index (χ0) is 18.9. The van der Waals surface area contributed by atoms with E-state index in [1.54, 1.807) is 12.1 Å². The summed E-state index contributed by atoms with van der Waals surface area (Å²) in [5, 5.41) is 2.56. The molecule has 0 radical (unpaired) electrons. The van der Waals surface area contributed by atoms with Crippen LogP contribution in [-0.2, 0) is 0 Å². The number of alkyl halides is 5. The van der Waals surface area contributed by atoms with Gasteiger partial charge in [0.15, 0.2) is 0 Å². The van der Waals surface area contributed by atoms with Crippen LogP contribution in [0.15, 0.2) is 52.9 Å². The topological polar surface area (TPSA) is 40.5 Å². The normalized spacial score (nSPS) is 17.3. The summed E-state index contributed by atoms with van der Waals surface area (Å²) in [5.41, 5.74) is 0.133. The lowest BCUT2D eigenvalue weighted by molar-refractivity contribution is -0.0885. The monoisotopic (exact) mass is 390 g/mol. The smallest absolute Gasteiger partial charge is 0.350 e. The summed E-state index contributed by atoms with van der Waals surface area (Å²) in [4.78, 5) is 9.38. The molecule has 0 unspecified atom stereocenters. The first-order valence-corrected chi connectivity index (χ1v) is 7.82. The number of hydrogen-bond donors (Lipinski definition) is 1. The second kappa shape index (κ2) is 7.06. The number of nitrogens with zero attached hydrogens (tertiary/aromatic N) is 3. The van der Waals surface area contributed by atoms with Gasteiger partial charge in [-0.15, -0.1) is 0 Å². The van der Waals surface area contributed by atoms with Crippen molar-refractivity contribution in [2.45, 2.75) is 12.6 Å². The van der Waals surface area contributed by atoms with Gasteiger partial charge in [-0.2, -0.15) is 13.2 Å². The molecular weight excluding hydrogens is 379 g/mol. The highest BCUT2D eigenvalue weighted by atomic mass is 35.5. The van der Waals surface area contributed by atoms with Crippen molar-refractivity contribution in [3.8, 4) is 0 Å². The number of fused-ring (bicyclic) bond motifs is 1. The minimum Gasteiger partial charge on any atom is -0.350 e. The first-order chi connectivity index (χ1) is 12.3. The number of hydrogen-bond acceptors (Lipinski definition) is 4. The summed E-state index contributed by atoms with van der Waals surface area (Å²) in [7, 11) is 0. The number of pyridine rings is 1. The van der Waals surface area contributed by atoms with Crippen molar-refractivity contribution in [2.24, 2.45) is 4.99 Å². The van der Waals surface area contributed by atoms with Crippen molar-refractivity contribution >= 4 is 23.1 Å². The number of guanidine groups is 1. The largest absolute Gasteiger partial charge is 0.416 e. The van der Waals surface area contributed by atoms with E-state index in [1.807, 2.05) is 0 Å². The van der Waals surface area contributed by atoms with E-state index in [4.69, 9.17) is 11.6 Å². The van der Waals surface area contributed by atoms with Crippen LogP contribution >= 0.6 is 11.6 Å². The average molecular weight is 391 g/mol. The third-order valence-electron chi connectivity index (χ3n) is 3.71. The van der Waals surface area contributed by atoms with E-state index in [1.165, 1.54) is 11.1 Å². The van der Waals surface area contributed by atoms with Crippen LogP contribution in [0.2, 0.25) is 5.15 Å². The van der Waals surface area contributed by atoms with E-state index in [0.29, 0.717) is 11.1 Å². The molecule has 0 saturated carbocycles. The summed E-state index contributed by atoms with van der Waals surface area (Å²) in [5.74, 6) is 0.0396. The lowest BCUT2D eigenvalue weighted by Crippen LogP contribution is -2.43. The fraction of sp³-hybridized carbons (Fsp3) is 0.250. The molecule has 0 bridgehead atoms. The maximum Gasteiger partial charge on any atom is 0.416 e. The number of nitrogens with one attached hydrogen (secondary N) is 1. The van der Waals surface area contributed by atoms with Gasteiger partial charge in [0.05, 0.1) is 24.4 Å². The molecule has 3 heterocycles. The van der Waals surface area contributed by atoms with Crippen molar-refractivity contribution in [3.05, 3.63) is 58.7 Å². The molecule has 1 aromatic heterocycles. The molecule has 2 aliphatic rings. The van der Waals surface area contributed by atoms with Gasteiger partial charge in [0, 0.05) is 23.5 Å². The highest BCUT2D eigenvalue weighted by Crippen LogP contribution is 2.36. The minimum atomic E-state index is -4.55. The van der Waals surface area contributed by atoms with Crippen molar-refractivity contribution in [2.75, 3.05) is 13.1 Å². The van der Waals surface area contributed by atoms with E-state index >= 15 is 0 Å². The zero-order valence-electron chi connectivity index (χ0n) is 13.1. The third-order valence-corrected chi connectivity index (χ3v) is 4.01. The highest BCUT2D eigenvalue weighted by molar-refractivity contribution is 6.31. The fourth-order valence-corrected chi connectivity index (χ4v) is 2.78. The summed E-state index contributed by atoms with van der Waals surface area (Å²) in [6, 6.07) is 3.21. The highest BCUT2D eigenvalue weighted by Gasteiger charge is 2.36. The Morgan fingerprint density at radius 3 is 2.73 bits per heavy atom. The molecule has 26 heavy (non-hydrogen) atoms. The maximum absolute atomic E-state index is 13.1.